The smallest absolute Gasteiger partial charge is 0.170 e. The molecule has 2 rings (SSSR count). The van der Waals surface area contributed by atoms with Gasteiger partial charge < -0.3 is 15.8 Å². The molecule has 3 N–H and O–H groups in total. The molecule has 0 bridgehead atoms. The number of rotatable bonds is 5. The van der Waals surface area contributed by atoms with Gasteiger partial charge in [-0.3, -0.25) is 0 Å². The maximum Gasteiger partial charge on any atom is 0.170 e. The van der Waals surface area contributed by atoms with E-state index in [1.807, 2.05) is 6.92 Å². The second-order valence-electron chi connectivity index (χ2n) is 4.99. The minimum absolute atomic E-state index is 0.0764. The van der Waals surface area contributed by atoms with Gasteiger partial charge in [0.05, 0.1) is 5.69 Å². The van der Waals surface area contributed by atoms with Gasteiger partial charge in [-0.25, -0.2) is 4.39 Å². The lowest BCUT2D eigenvalue weighted by molar-refractivity contribution is 0.318. The summed E-state index contributed by atoms with van der Waals surface area (Å²) < 4.78 is 14.1. The monoisotopic (exact) mass is 265 g/mol. The quantitative estimate of drug-likeness (QED) is 0.372. The van der Waals surface area contributed by atoms with Crippen molar-refractivity contribution < 1.29 is 9.60 Å². The van der Waals surface area contributed by atoms with Crippen molar-refractivity contribution in [3.8, 4) is 0 Å². The molecule has 0 saturated heterocycles. The Bertz CT molecular complexity index is 472. The van der Waals surface area contributed by atoms with Crippen LogP contribution in [0.1, 0.15) is 31.7 Å². The SMILES string of the molecule is CCN(CC1CCC1)c1ccc(/C(N)=N/O)cc1F. The fourth-order valence-corrected chi connectivity index (χ4v) is 2.37. The third-order valence-electron chi connectivity index (χ3n) is 3.78. The predicted octanol–water partition coefficient (Wildman–Crippen LogP) is 2.55. The number of anilines is 1. The third kappa shape index (κ3) is 2.97. The number of benzene rings is 1. The average Bonchev–Trinajstić information content (AvgIpc) is 2.37. The zero-order valence-corrected chi connectivity index (χ0v) is 11.1. The highest BCUT2D eigenvalue weighted by molar-refractivity contribution is 5.97. The molecule has 1 saturated carbocycles. The summed E-state index contributed by atoms with van der Waals surface area (Å²) in [5.74, 6) is 0.279. The molecule has 0 aliphatic heterocycles. The first-order chi connectivity index (χ1) is 9.15. The summed E-state index contributed by atoms with van der Waals surface area (Å²) in [6, 6.07) is 4.69. The molecular formula is C14H20FN3O. The largest absolute Gasteiger partial charge is 0.409 e. The Morgan fingerprint density at radius 3 is 2.74 bits per heavy atom. The highest BCUT2D eigenvalue weighted by Crippen LogP contribution is 2.30. The maximum absolute atomic E-state index is 14.1. The molecule has 19 heavy (non-hydrogen) atoms. The molecule has 1 aliphatic rings. The van der Waals surface area contributed by atoms with Crippen LogP contribution in [0.4, 0.5) is 10.1 Å². The van der Waals surface area contributed by atoms with E-state index in [0.717, 1.165) is 13.1 Å². The molecular weight excluding hydrogens is 245 g/mol. The summed E-state index contributed by atoms with van der Waals surface area (Å²) in [6.45, 7) is 3.70. The maximum atomic E-state index is 14.1. The first kappa shape index (κ1) is 13.6. The van der Waals surface area contributed by atoms with Crippen molar-refractivity contribution in [1.82, 2.24) is 0 Å². The highest BCUT2D eigenvalue weighted by Gasteiger charge is 2.21. The second kappa shape index (κ2) is 5.91. The van der Waals surface area contributed by atoms with E-state index < -0.39 is 0 Å². The van der Waals surface area contributed by atoms with Crippen LogP contribution in [0, 0.1) is 11.7 Å². The summed E-state index contributed by atoms with van der Waals surface area (Å²) >= 11 is 0. The molecule has 0 radical (unpaired) electrons. The molecule has 4 nitrogen and oxygen atoms in total. The Labute approximate surface area is 112 Å². The Balaban J connectivity index is 2.18. The van der Waals surface area contributed by atoms with Gasteiger partial charge in [0.2, 0.25) is 0 Å². The molecule has 0 atom stereocenters. The molecule has 104 valence electrons. The summed E-state index contributed by atoms with van der Waals surface area (Å²) in [5.41, 5.74) is 6.43. The van der Waals surface area contributed by atoms with Crippen LogP contribution in [0.3, 0.4) is 0 Å². The van der Waals surface area contributed by atoms with Gasteiger partial charge in [-0.15, -0.1) is 0 Å². The Hall–Kier alpha value is -1.78. The lowest BCUT2D eigenvalue weighted by atomic mass is 9.85. The fraction of sp³-hybridized carbons (Fsp3) is 0.500. The predicted molar refractivity (Wildman–Crippen MR) is 74.1 cm³/mol. The lowest BCUT2D eigenvalue weighted by Gasteiger charge is -2.33. The third-order valence-corrected chi connectivity index (χ3v) is 3.78. The van der Waals surface area contributed by atoms with Crippen molar-refractivity contribution in [2.24, 2.45) is 16.8 Å². The molecule has 1 aromatic carbocycles. The topological polar surface area (TPSA) is 61.8 Å². The standard InChI is InChI=1S/C14H20FN3O/c1-2-18(9-10-4-3-5-10)13-7-6-11(8-12(13)15)14(16)17-19/h6-8,10,19H,2-5,9H2,1H3,(H2,16,17). The number of hydrogen-bond donors (Lipinski definition) is 2. The minimum Gasteiger partial charge on any atom is -0.409 e. The molecule has 5 heteroatoms. The van der Waals surface area contributed by atoms with Crippen molar-refractivity contribution in [2.75, 3.05) is 18.0 Å². The average molecular weight is 265 g/mol. The number of nitrogens with zero attached hydrogens (tertiary/aromatic N) is 2. The number of hydrogen-bond acceptors (Lipinski definition) is 3. The first-order valence-corrected chi connectivity index (χ1v) is 6.68. The van der Waals surface area contributed by atoms with Crippen LogP contribution in [0.5, 0.6) is 0 Å². The van der Waals surface area contributed by atoms with Gasteiger partial charge in [0, 0.05) is 18.7 Å². The molecule has 0 unspecified atom stereocenters. The van der Waals surface area contributed by atoms with Crippen molar-refractivity contribution in [1.29, 1.82) is 0 Å². The minimum atomic E-state index is -0.328. The van der Waals surface area contributed by atoms with Crippen LogP contribution >= 0.6 is 0 Å². The zero-order chi connectivity index (χ0) is 13.8. The van der Waals surface area contributed by atoms with E-state index in [0.29, 0.717) is 17.2 Å². The number of amidine groups is 1. The highest BCUT2D eigenvalue weighted by atomic mass is 19.1. The summed E-state index contributed by atoms with van der Waals surface area (Å²) in [6.07, 6.45) is 3.76. The summed E-state index contributed by atoms with van der Waals surface area (Å²) in [4.78, 5) is 2.05. The summed E-state index contributed by atoms with van der Waals surface area (Å²) in [7, 11) is 0. The van der Waals surface area contributed by atoms with Crippen LogP contribution in [0.25, 0.3) is 0 Å². The molecule has 1 aliphatic carbocycles. The second-order valence-corrected chi connectivity index (χ2v) is 4.99. The number of halogens is 1. The van der Waals surface area contributed by atoms with E-state index in [4.69, 9.17) is 10.9 Å². The van der Waals surface area contributed by atoms with Gasteiger partial charge in [0.25, 0.3) is 0 Å². The van der Waals surface area contributed by atoms with E-state index in [-0.39, 0.29) is 11.7 Å². The van der Waals surface area contributed by atoms with Crippen LogP contribution in [-0.4, -0.2) is 24.1 Å². The number of nitrogens with two attached hydrogens (primary N) is 1. The molecule has 0 aromatic heterocycles. The summed E-state index contributed by atoms with van der Waals surface area (Å²) in [5, 5.41) is 11.5. The van der Waals surface area contributed by atoms with Gasteiger partial charge in [-0.2, -0.15) is 0 Å². The van der Waals surface area contributed by atoms with Gasteiger partial charge in [-0.1, -0.05) is 11.6 Å². The van der Waals surface area contributed by atoms with Gasteiger partial charge in [0.15, 0.2) is 5.84 Å². The Kier molecular flexibility index (Phi) is 4.24. The van der Waals surface area contributed by atoms with E-state index in [9.17, 15) is 4.39 Å². The van der Waals surface area contributed by atoms with Gasteiger partial charge >= 0.3 is 0 Å². The van der Waals surface area contributed by atoms with E-state index in [1.165, 1.54) is 25.3 Å². The van der Waals surface area contributed by atoms with E-state index in [2.05, 4.69) is 10.1 Å². The van der Waals surface area contributed by atoms with E-state index >= 15 is 0 Å². The van der Waals surface area contributed by atoms with Crippen molar-refractivity contribution in [2.45, 2.75) is 26.2 Å². The van der Waals surface area contributed by atoms with Crippen LogP contribution < -0.4 is 10.6 Å². The van der Waals surface area contributed by atoms with Crippen molar-refractivity contribution >= 4 is 11.5 Å². The van der Waals surface area contributed by atoms with Gasteiger partial charge in [-0.05, 0) is 43.9 Å². The zero-order valence-electron chi connectivity index (χ0n) is 11.1. The van der Waals surface area contributed by atoms with Gasteiger partial charge in [0.1, 0.15) is 5.82 Å². The molecule has 0 spiro atoms. The first-order valence-electron chi connectivity index (χ1n) is 6.68. The molecule has 1 fully saturated rings. The van der Waals surface area contributed by atoms with Crippen LogP contribution in [-0.2, 0) is 0 Å². The van der Waals surface area contributed by atoms with Crippen LogP contribution in [0.15, 0.2) is 23.4 Å². The Morgan fingerprint density at radius 2 is 2.26 bits per heavy atom. The molecule has 1 aromatic rings. The number of oxime groups is 1. The normalized spacial score (nSPS) is 16.2. The van der Waals surface area contributed by atoms with Crippen molar-refractivity contribution in [3.63, 3.8) is 0 Å². The lowest BCUT2D eigenvalue weighted by Crippen LogP contribution is -2.33. The molecule has 0 heterocycles. The molecule has 0 amide bonds. The Morgan fingerprint density at radius 1 is 1.53 bits per heavy atom. The van der Waals surface area contributed by atoms with Crippen molar-refractivity contribution in [3.05, 3.63) is 29.6 Å². The fourth-order valence-electron chi connectivity index (χ4n) is 2.37. The van der Waals surface area contributed by atoms with Crippen LogP contribution in [0.2, 0.25) is 0 Å². The van der Waals surface area contributed by atoms with E-state index in [1.54, 1.807) is 12.1 Å².